The Hall–Kier alpha value is -1.39. The molecule has 1 aromatic carbocycles. The molecule has 4 heteroatoms. The Labute approximate surface area is 114 Å². The maximum atomic E-state index is 12.3. The molecule has 0 bridgehead atoms. The van der Waals surface area contributed by atoms with Crippen LogP contribution in [0.15, 0.2) is 24.3 Å². The Morgan fingerprint density at radius 3 is 2.53 bits per heavy atom. The molecular formula is C15H23NO3. The summed E-state index contributed by atoms with van der Waals surface area (Å²) in [6.07, 6.45) is 0. The summed E-state index contributed by atoms with van der Waals surface area (Å²) in [6, 6.07) is 7.14. The molecule has 0 aliphatic heterocycles. The SMILES string of the molecule is COCC(CO)NC(=O)c1ccccc1C(C)(C)C. The first kappa shape index (κ1) is 15.7. The minimum absolute atomic E-state index is 0.107. The maximum absolute atomic E-state index is 12.3. The Bertz CT molecular complexity index is 424. The van der Waals surface area contributed by atoms with Gasteiger partial charge in [0.25, 0.3) is 5.91 Å². The molecule has 1 aromatic rings. The summed E-state index contributed by atoms with van der Waals surface area (Å²) in [6.45, 7) is 6.35. The average molecular weight is 265 g/mol. The van der Waals surface area contributed by atoms with E-state index in [1.807, 2.05) is 18.2 Å². The highest BCUT2D eigenvalue weighted by molar-refractivity contribution is 5.96. The fourth-order valence-electron chi connectivity index (χ4n) is 1.94. The van der Waals surface area contributed by atoms with Crippen molar-refractivity contribution in [2.45, 2.75) is 32.2 Å². The van der Waals surface area contributed by atoms with E-state index < -0.39 is 0 Å². The smallest absolute Gasteiger partial charge is 0.251 e. The van der Waals surface area contributed by atoms with Gasteiger partial charge in [0.15, 0.2) is 0 Å². The molecule has 0 fully saturated rings. The Morgan fingerprint density at radius 1 is 1.37 bits per heavy atom. The van der Waals surface area contributed by atoms with E-state index in [9.17, 15) is 9.90 Å². The van der Waals surface area contributed by atoms with Gasteiger partial charge >= 0.3 is 0 Å². The summed E-state index contributed by atoms with van der Waals surface area (Å²) in [5.74, 6) is -0.179. The van der Waals surface area contributed by atoms with Crippen LogP contribution < -0.4 is 5.32 Å². The minimum atomic E-state index is -0.384. The van der Waals surface area contributed by atoms with Crippen molar-refractivity contribution in [3.05, 3.63) is 35.4 Å². The quantitative estimate of drug-likeness (QED) is 0.852. The van der Waals surface area contributed by atoms with Gasteiger partial charge in [-0.1, -0.05) is 39.0 Å². The van der Waals surface area contributed by atoms with Crippen LogP contribution in [0.5, 0.6) is 0 Å². The molecule has 0 aliphatic carbocycles. The molecule has 1 unspecified atom stereocenters. The van der Waals surface area contributed by atoms with Crippen molar-refractivity contribution in [2.24, 2.45) is 0 Å². The van der Waals surface area contributed by atoms with Crippen molar-refractivity contribution in [2.75, 3.05) is 20.3 Å². The fourth-order valence-corrected chi connectivity index (χ4v) is 1.94. The molecule has 4 nitrogen and oxygen atoms in total. The molecule has 0 aliphatic rings. The molecule has 0 spiro atoms. The van der Waals surface area contributed by atoms with Crippen molar-refractivity contribution in [3.8, 4) is 0 Å². The molecular weight excluding hydrogens is 242 g/mol. The van der Waals surface area contributed by atoms with Crippen LogP contribution in [0.4, 0.5) is 0 Å². The first-order valence-electron chi connectivity index (χ1n) is 6.40. The van der Waals surface area contributed by atoms with Crippen LogP contribution in [0.1, 0.15) is 36.7 Å². The third-order valence-corrected chi connectivity index (χ3v) is 2.90. The Balaban J connectivity index is 2.94. The fraction of sp³-hybridized carbons (Fsp3) is 0.533. The second-order valence-electron chi connectivity index (χ2n) is 5.60. The van der Waals surface area contributed by atoms with Gasteiger partial charge < -0.3 is 15.2 Å². The van der Waals surface area contributed by atoms with Gasteiger partial charge in [0, 0.05) is 12.7 Å². The van der Waals surface area contributed by atoms with Crippen LogP contribution in [0.2, 0.25) is 0 Å². The second-order valence-corrected chi connectivity index (χ2v) is 5.60. The number of methoxy groups -OCH3 is 1. The lowest BCUT2D eigenvalue weighted by Gasteiger charge is -2.23. The van der Waals surface area contributed by atoms with Crippen molar-refractivity contribution >= 4 is 5.91 Å². The number of ether oxygens (including phenoxy) is 1. The summed E-state index contributed by atoms with van der Waals surface area (Å²) in [5, 5.41) is 12.0. The van der Waals surface area contributed by atoms with Gasteiger partial charge in [-0.05, 0) is 17.0 Å². The first-order chi connectivity index (χ1) is 8.90. The van der Waals surface area contributed by atoms with Crippen molar-refractivity contribution in [3.63, 3.8) is 0 Å². The molecule has 0 heterocycles. The van der Waals surface area contributed by atoms with Crippen molar-refractivity contribution in [1.29, 1.82) is 0 Å². The van der Waals surface area contributed by atoms with Gasteiger partial charge in [0.05, 0.1) is 19.3 Å². The molecule has 0 radical (unpaired) electrons. The Kier molecular flexibility index (Phi) is 5.51. The van der Waals surface area contributed by atoms with Crippen LogP contribution >= 0.6 is 0 Å². The normalized spacial score (nSPS) is 13.1. The van der Waals surface area contributed by atoms with Gasteiger partial charge in [-0.2, -0.15) is 0 Å². The summed E-state index contributed by atoms with van der Waals surface area (Å²) in [4.78, 5) is 12.3. The standard InChI is InChI=1S/C15H23NO3/c1-15(2,3)13-8-6-5-7-12(13)14(18)16-11(9-17)10-19-4/h5-8,11,17H,9-10H2,1-4H3,(H,16,18). The van der Waals surface area contributed by atoms with Crippen molar-refractivity contribution in [1.82, 2.24) is 5.32 Å². The van der Waals surface area contributed by atoms with Crippen LogP contribution in [0.3, 0.4) is 0 Å². The topological polar surface area (TPSA) is 58.6 Å². The van der Waals surface area contributed by atoms with Gasteiger partial charge in [-0.3, -0.25) is 4.79 Å². The van der Waals surface area contributed by atoms with Gasteiger partial charge in [-0.15, -0.1) is 0 Å². The van der Waals surface area contributed by atoms with Gasteiger partial charge in [-0.25, -0.2) is 0 Å². The van der Waals surface area contributed by atoms with E-state index in [1.165, 1.54) is 7.11 Å². The number of benzene rings is 1. The molecule has 1 atom stereocenters. The van der Waals surface area contributed by atoms with Crippen LogP contribution in [-0.2, 0) is 10.2 Å². The van der Waals surface area contributed by atoms with Gasteiger partial charge in [0.1, 0.15) is 0 Å². The summed E-state index contributed by atoms with van der Waals surface area (Å²) < 4.78 is 4.95. The van der Waals surface area contributed by atoms with Crippen molar-refractivity contribution < 1.29 is 14.6 Å². The maximum Gasteiger partial charge on any atom is 0.251 e. The monoisotopic (exact) mass is 265 g/mol. The third kappa shape index (κ3) is 4.33. The van der Waals surface area contributed by atoms with Gasteiger partial charge in [0.2, 0.25) is 0 Å². The van der Waals surface area contributed by atoms with E-state index in [0.29, 0.717) is 12.2 Å². The molecule has 1 amide bonds. The number of aliphatic hydroxyl groups is 1. The number of amides is 1. The molecule has 0 aromatic heterocycles. The van der Waals surface area contributed by atoms with E-state index in [4.69, 9.17) is 4.74 Å². The van der Waals surface area contributed by atoms with E-state index >= 15 is 0 Å². The molecule has 1 rings (SSSR count). The molecule has 106 valence electrons. The molecule has 0 saturated heterocycles. The highest BCUT2D eigenvalue weighted by Gasteiger charge is 2.22. The summed E-state index contributed by atoms with van der Waals surface area (Å²) in [7, 11) is 1.54. The highest BCUT2D eigenvalue weighted by Crippen LogP contribution is 2.25. The number of carbonyl (C=O) groups excluding carboxylic acids is 1. The number of carbonyl (C=O) groups is 1. The lowest BCUT2D eigenvalue weighted by molar-refractivity contribution is 0.0837. The number of rotatable bonds is 5. The number of hydrogen-bond acceptors (Lipinski definition) is 3. The van der Waals surface area contributed by atoms with Crippen LogP contribution in [0, 0.1) is 0 Å². The minimum Gasteiger partial charge on any atom is -0.394 e. The van der Waals surface area contributed by atoms with E-state index in [2.05, 4.69) is 26.1 Å². The summed E-state index contributed by atoms with van der Waals surface area (Å²) in [5.41, 5.74) is 1.52. The number of nitrogens with one attached hydrogen (secondary N) is 1. The zero-order valence-electron chi connectivity index (χ0n) is 12.1. The predicted molar refractivity (Wildman–Crippen MR) is 75.4 cm³/mol. The zero-order chi connectivity index (χ0) is 14.5. The molecule has 2 N–H and O–H groups in total. The first-order valence-corrected chi connectivity index (χ1v) is 6.40. The molecule has 19 heavy (non-hydrogen) atoms. The van der Waals surface area contributed by atoms with E-state index in [-0.39, 0.29) is 24.0 Å². The van der Waals surface area contributed by atoms with E-state index in [1.54, 1.807) is 6.07 Å². The van der Waals surface area contributed by atoms with E-state index in [0.717, 1.165) is 5.56 Å². The predicted octanol–water partition coefficient (Wildman–Crippen LogP) is 1.72. The number of aliphatic hydroxyl groups excluding tert-OH is 1. The Morgan fingerprint density at radius 2 is 2.00 bits per heavy atom. The zero-order valence-corrected chi connectivity index (χ0v) is 12.1. The lowest BCUT2D eigenvalue weighted by atomic mass is 9.83. The summed E-state index contributed by atoms with van der Waals surface area (Å²) >= 11 is 0. The average Bonchev–Trinajstić information content (AvgIpc) is 2.37. The lowest BCUT2D eigenvalue weighted by Crippen LogP contribution is -2.41. The third-order valence-electron chi connectivity index (χ3n) is 2.90. The second kappa shape index (κ2) is 6.68. The molecule has 0 saturated carbocycles. The van der Waals surface area contributed by atoms with Crippen LogP contribution in [-0.4, -0.2) is 37.4 Å². The largest absolute Gasteiger partial charge is 0.394 e. The highest BCUT2D eigenvalue weighted by atomic mass is 16.5. The number of hydrogen-bond donors (Lipinski definition) is 2. The van der Waals surface area contributed by atoms with Crippen LogP contribution in [0.25, 0.3) is 0 Å².